The van der Waals surface area contributed by atoms with Crippen molar-refractivity contribution in [2.45, 2.75) is 76.3 Å². The molecule has 2 aliphatic rings. The number of alkyl halides is 3. The summed E-state index contributed by atoms with van der Waals surface area (Å²) in [6, 6.07) is 7.89. The van der Waals surface area contributed by atoms with Crippen molar-refractivity contribution in [2.24, 2.45) is 7.05 Å². The number of piperazine rings is 1. The molecule has 5 rings (SSSR count). The van der Waals surface area contributed by atoms with Crippen LogP contribution < -0.4 is 10.6 Å². The van der Waals surface area contributed by atoms with Gasteiger partial charge in [0, 0.05) is 57.8 Å². The van der Waals surface area contributed by atoms with Gasteiger partial charge < -0.3 is 19.5 Å². The Kier molecular flexibility index (Phi) is 10.2. The van der Waals surface area contributed by atoms with Crippen LogP contribution in [0.3, 0.4) is 0 Å². The molecule has 2 saturated heterocycles. The van der Waals surface area contributed by atoms with E-state index in [1.54, 1.807) is 19.2 Å². The van der Waals surface area contributed by atoms with Crippen molar-refractivity contribution < 1.29 is 18.0 Å². The molecule has 0 saturated carbocycles. The third-order valence-corrected chi connectivity index (χ3v) is 10.0. The largest absolute Gasteiger partial charge is 0.416 e. The van der Waals surface area contributed by atoms with Gasteiger partial charge in [0.1, 0.15) is 0 Å². The molecule has 1 aromatic carbocycles. The molecule has 2 fully saturated rings. The Morgan fingerprint density at radius 1 is 1.02 bits per heavy atom. The third kappa shape index (κ3) is 7.13. The lowest BCUT2D eigenvalue weighted by atomic mass is 9.93. The minimum Gasteiger partial charge on any atom is -0.361 e. The number of nitrogens with zero attached hydrogens (tertiary/aromatic N) is 8. The number of aromatic nitrogens is 3. The Bertz CT molecular complexity index is 1680. The first-order valence-corrected chi connectivity index (χ1v) is 16.2. The molecular weight excluding hydrogens is 609 g/mol. The molecule has 2 aromatic heterocycles. The summed E-state index contributed by atoms with van der Waals surface area (Å²) in [6.45, 7) is 14.3. The van der Waals surface area contributed by atoms with E-state index >= 15 is 0 Å². The zero-order valence-electron chi connectivity index (χ0n) is 27.7. The second kappa shape index (κ2) is 14.0. The molecule has 4 heterocycles. The van der Waals surface area contributed by atoms with Gasteiger partial charge in [0.25, 0.3) is 5.82 Å². The van der Waals surface area contributed by atoms with Gasteiger partial charge in [-0.2, -0.15) is 18.2 Å². The molecule has 0 radical (unpaired) electrons. The number of amides is 1. The standard InChI is InChI=1S/C34H43F3N8O2/c1-7-24-21-45(32-31-27(43(6)33(47)40-32)13-14-29(38-3)39-31)25(8-2)20-44(24)28(22-9-11-23(12-10-22)34(35,36)37)19-30(46)42(5)26-15-17-41(4)18-16-26/h9-14,24-26,28H,7-8,15-21H2,1-2,4-6H3/t24-,25+,28?/m1/s1. The van der Waals surface area contributed by atoms with Gasteiger partial charge in [-0.05, 0) is 75.6 Å². The first kappa shape index (κ1) is 34.3. The average molecular weight is 653 g/mol. The Balaban J connectivity index is 1.51. The minimum atomic E-state index is -4.47. The van der Waals surface area contributed by atoms with Crippen molar-refractivity contribution in [2.75, 3.05) is 45.2 Å². The molecule has 1 unspecified atom stereocenters. The Labute approximate surface area is 273 Å². The number of carbonyl (C=O) groups excluding carboxylic acids is 1. The average Bonchev–Trinajstić information content (AvgIpc) is 3.07. The maximum absolute atomic E-state index is 13.9. The number of likely N-dealkylation sites (tertiary alicyclic amines) is 1. The number of hydrogen-bond acceptors (Lipinski definition) is 7. The van der Waals surface area contributed by atoms with Crippen molar-refractivity contribution in [1.82, 2.24) is 29.2 Å². The van der Waals surface area contributed by atoms with Crippen molar-refractivity contribution in [3.05, 3.63) is 69.4 Å². The van der Waals surface area contributed by atoms with Crippen LogP contribution in [0.1, 0.15) is 63.1 Å². The molecule has 0 bridgehead atoms. The predicted octanol–water partition coefficient (Wildman–Crippen LogP) is 5.26. The normalized spacial score (nSPS) is 20.7. The third-order valence-electron chi connectivity index (χ3n) is 10.0. The molecule has 47 heavy (non-hydrogen) atoms. The molecule has 0 aliphatic carbocycles. The van der Waals surface area contributed by atoms with Crippen molar-refractivity contribution in [3.8, 4) is 0 Å². The number of piperidine rings is 1. The lowest BCUT2D eigenvalue weighted by molar-refractivity contribution is -0.138. The highest BCUT2D eigenvalue weighted by atomic mass is 19.4. The molecule has 13 heteroatoms. The quantitative estimate of drug-likeness (QED) is 0.307. The van der Waals surface area contributed by atoms with E-state index in [4.69, 9.17) is 6.57 Å². The van der Waals surface area contributed by atoms with Gasteiger partial charge in [0.15, 0.2) is 5.82 Å². The van der Waals surface area contributed by atoms with Crippen LogP contribution in [-0.4, -0.2) is 93.5 Å². The monoisotopic (exact) mass is 652 g/mol. The van der Waals surface area contributed by atoms with E-state index in [-0.39, 0.29) is 36.3 Å². The predicted molar refractivity (Wildman–Crippen MR) is 175 cm³/mol. The molecule has 3 aromatic rings. The van der Waals surface area contributed by atoms with Crippen LogP contribution in [0.25, 0.3) is 15.9 Å². The Morgan fingerprint density at radius 2 is 1.68 bits per heavy atom. The fourth-order valence-electron chi connectivity index (χ4n) is 7.00. The summed E-state index contributed by atoms with van der Waals surface area (Å²) in [5.74, 6) is 0.583. The van der Waals surface area contributed by atoms with Gasteiger partial charge in [0.05, 0.1) is 11.1 Å². The van der Waals surface area contributed by atoms with E-state index in [1.807, 2.05) is 25.8 Å². The number of rotatable bonds is 8. The summed E-state index contributed by atoms with van der Waals surface area (Å²) in [4.78, 5) is 47.8. The van der Waals surface area contributed by atoms with Gasteiger partial charge in [-0.3, -0.25) is 14.3 Å². The highest BCUT2D eigenvalue weighted by molar-refractivity contribution is 5.87. The van der Waals surface area contributed by atoms with E-state index in [9.17, 15) is 22.8 Å². The molecule has 10 nitrogen and oxygen atoms in total. The number of hydrogen-bond donors (Lipinski definition) is 0. The van der Waals surface area contributed by atoms with E-state index in [0.717, 1.165) is 38.1 Å². The van der Waals surface area contributed by atoms with E-state index in [0.29, 0.717) is 48.3 Å². The lowest BCUT2D eigenvalue weighted by Crippen LogP contribution is -2.60. The maximum atomic E-state index is 13.9. The van der Waals surface area contributed by atoms with Crippen LogP contribution in [0.4, 0.5) is 24.8 Å². The smallest absolute Gasteiger partial charge is 0.361 e. The van der Waals surface area contributed by atoms with Crippen LogP contribution in [0.5, 0.6) is 0 Å². The van der Waals surface area contributed by atoms with E-state index in [2.05, 4.69) is 36.6 Å². The molecule has 0 N–H and O–H groups in total. The van der Waals surface area contributed by atoms with Gasteiger partial charge in [-0.15, -0.1) is 4.98 Å². The number of carbonyl (C=O) groups is 1. The van der Waals surface area contributed by atoms with Crippen LogP contribution in [-0.2, 0) is 18.0 Å². The lowest BCUT2D eigenvalue weighted by Gasteiger charge is -2.49. The van der Waals surface area contributed by atoms with Gasteiger partial charge in [0.2, 0.25) is 11.4 Å². The zero-order valence-corrected chi connectivity index (χ0v) is 27.7. The minimum absolute atomic E-state index is 0.0372. The van der Waals surface area contributed by atoms with Crippen LogP contribution in [0, 0.1) is 6.57 Å². The summed E-state index contributed by atoms with van der Waals surface area (Å²) < 4.78 is 42.0. The van der Waals surface area contributed by atoms with Crippen molar-refractivity contribution >= 4 is 28.6 Å². The van der Waals surface area contributed by atoms with Crippen LogP contribution in [0.15, 0.2) is 41.2 Å². The highest BCUT2D eigenvalue weighted by Crippen LogP contribution is 2.37. The molecule has 3 atom stereocenters. The fourth-order valence-corrected chi connectivity index (χ4v) is 7.00. The number of benzene rings is 1. The van der Waals surface area contributed by atoms with Crippen molar-refractivity contribution in [1.29, 1.82) is 0 Å². The molecule has 2 aliphatic heterocycles. The molecule has 0 spiro atoms. The number of anilines is 1. The van der Waals surface area contributed by atoms with Crippen molar-refractivity contribution in [3.63, 3.8) is 0 Å². The first-order chi connectivity index (χ1) is 22.4. The maximum Gasteiger partial charge on any atom is 0.416 e. The summed E-state index contributed by atoms with van der Waals surface area (Å²) >= 11 is 0. The number of aryl methyl sites for hydroxylation is 1. The highest BCUT2D eigenvalue weighted by Gasteiger charge is 2.40. The zero-order chi connectivity index (χ0) is 34.0. The molecule has 252 valence electrons. The van der Waals surface area contributed by atoms with E-state index < -0.39 is 23.5 Å². The Morgan fingerprint density at radius 3 is 2.28 bits per heavy atom. The van der Waals surface area contributed by atoms with Gasteiger partial charge in [-0.1, -0.05) is 32.6 Å². The van der Waals surface area contributed by atoms with E-state index in [1.165, 1.54) is 16.7 Å². The first-order valence-electron chi connectivity index (χ1n) is 16.2. The SMILES string of the molecule is [C-]#[N+]c1ccc2c(n1)c(N1C[C@@H](CC)N(C(CC(=O)N(C)C3CCN(C)CC3)c3ccc(C(F)(F)F)cc3)C[C@@H]1CC)nc(=O)n2C. The van der Waals surface area contributed by atoms with Gasteiger partial charge >= 0.3 is 11.9 Å². The summed E-state index contributed by atoms with van der Waals surface area (Å²) in [5, 5.41) is 0. The second-order valence-corrected chi connectivity index (χ2v) is 12.8. The topological polar surface area (TPSA) is 82.2 Å². The van der Waals surface area contributed by atoms with Gasteiger partial charge in [-0.25, -0.2) is 4.79 Å². The molecule has 1 amide bonds. The Hall–Kier alpha value is -4.02. The van der Waals surface area contributed by atoms with Crippen LogP contribution >= 0.6 is 0 Å². The number of pyridine rings is 1. The summed E-state index contributed by atoms with van der Waals surface area (Å²) in [5.41, 5.74) is 0.540. The fraction of sp³-hybridized carbons (Fsp3) is 0.559. The summed E-state index contributed by atoms with van der Waals surface area (Å²) in [6.07, 6.45) is -1.22. The second-order valence-electron chi connectivity index (χ2n) is 12.8. The molecular formula is C34H43F3N8O2. The number of halogens is 3. The number of fused-ring (bicyclic) bond motifs is 1. The van der Waals surface area contributed by atoms with Crippen LogP contribution in [0.2, 0.25) is 0 Å². The summed E-state index contributed by atoms with van der Waals surface area (Å²) in [7, 11) is 5.53.